The van der Waals surface area contributed by atoms with Crippen LogP contribution in [0.3, 0.4) is 0 Å². The van der Waals surface area contributed by atoms with Gasteiger partial charge in [0.15, 0.2) is 15.1 Å². The van der Waals surface area contributed by atoms with Gasteiger partial charge in [-0.3, -0.25) is 9.48 Å². The van der Waals surface area contributed by atoms with E-state index in [1.807, 2.05) is 30.3 Å². The molecule has 1 unspecified atom stereocenters. The summed E-state index contributed by atoms with van der Waals surface area (Å²) in [5, 5.41) is 2.64. The van der Waals surface area contributed by atoms with Crippen LogP contribution in [0.2, 0.25) is 0 Å². The maximum Gasteiger partial charge on any atom is 0.324 e. The van der Waals surface area contributed by atoms with Crippen LogP contribution in [-0.2, 0) is 32.8 Å². The maximum atomic E-state index is 12.7. The van der Waals surface area contributed by atoms with Crippen LogP contribution >= 0.6 is 0 Å². The molecule has 6 nitrogen and oxygen atoms in total. The molecule has 0 radical (unpaired) electrons. The molecule has 7 heteroatoms. The standard InChI is InChI=1S/C16H20N2O4S/c1-3-22-16(19)15(10-9-13-7-5-4-6-8-13)23(20,21)14-11-17-18(2)12-14/h4-8,11-12,15H,3,9-10H2,1-2H3. The molecule has 0 aliphatic carbocycles. The molecule has 2 rings (SSSR count). The van der Waals surface area contributed by atoms with Crippen molar-refractivity contribution in [3.8, 4) is 0 Å². The fourth-order valence-corrected chi connectivity index (χ4v) is 3.86. The highest BCUT2D eigenvalue weighted by Gasteiger charge is 2.35. The number of ether oxygens (including phenoxy) is 1. The molecule has 23 heavy (non-hydrogen) atoms. The van der Waals surface area contributed by atoms with Crippen molar-refractivity contribution in [2.75, 3.05) is 6.61 Å². The molecule has 0 aliphatic rings. The van der Waals surface area contributed by atoms with Crippen LogP contribution in [0.25, 0.3) is 0 Å². The summed E-state index contributed by atoms with van der Waals surface area (Å²) in [6.07, 6.45) is 3.29. The molecule has 0 bridgehead atoms. The molecule has 0 aliphatic heterocycles. The summed E-state index contributed by atoms with van der Waals surface area (Å²) in [6, 6.07) is 9.45. The summed E-state index contributed by atoms with van der Waals surface area (Å²) in [7, 11) is -2.20. The molecule has 1 heterocycles. The average Bonchev–Trinajstić information content (AvgIpc) is 2.96. The second-order valence-electron chi connectivity index (χ2n) is 5.16. The SMILES string of the molecule is CCOC(=O)C(CCc1ccccc1)S(=O)(=O)c1cnn(C)c1. The van der Waals surface area contributed by atoms with Crippen LogP contribution in [-0.4, -0.2) is 36.0 Å². The number of esters is 1. The lowest BCUT2D eigenvalue weighted by Gasteiger charge is -2.15. The third-order valence-electron chi connectivity index (χ3n) is 3.47. The highest BCUT2D eigenvalue weighted by molar-refractivity contribution is 7.92. The van der Waals surface area contributed by atoms with Gasteiger partial charge < -0.3 is 4.74 Å². The first-order valence-corrected chi connectivity index (χ1v) is 8.93. The van der Waals surface area contributed by atoms with Gasteiger partial charge >= 0.3 is 5.97 Å². The van der Waals surface area contributed by atoms with E-state index in [4.69, 9.17) is 4.74 Å². The Morgan fingerprint density at radius 3 is 2.57 bits per heavy atom. The fraction of sp³-hybridized carbons (Fsp3) is 0.375. The van der Waals surface area contributed by atoms with E-state index in [1.165, 1.54) is 17.1 Å². The monoisotopic (exact) mass is 336 g/mol. The van der Waals surface area contributed by atoms with Crippen molar-refractivity contribution in [2.45, 2.75) is 29.9 Å². The third kappa shape index (κ3) is 4.19. The zero-order chi connectivity index (χ0) is 16.9. The summed E-state index contributed by atoms with van der Waals surface area (Å²) in [4.78, 5) is 12.2. The lowest BCUT2D eigenvalue weighted by molar-refractivity contribution is -0.142. The molecular weight excluding hydrogens is 316 g/mol. The first-order valence-electron chi connectivity index (χ1n) is 7.38. The molecule has 0 N–H and O–H groups in total. The third-order valence-corrected chi connectivity index (χ3v) is 5.52. The maximum absolute atomic E-state index is 12.7. The molecule has 0 saturated heterocycles. The Kier molecular flexibility index (Phi) is 5.54. The largest absolute Gasteiger partial charge is 0.465 e. The number of carbonyl (C=O) groups is 1. The number of aromatic nitrogens is 2. The summed E-state index contributed by atoms with van der Waals surface area (Å²) < 4.78 is 31.8. The van der Waals surface area contributed by atoms with E-state index in [0.717, 1.165) is 5.56 Å². The van der Waals surface area contributed by atoms with Gasteiger partial charge in [0.1, 0.15) is 4.90 Å². The normalized spacial score (nSPS) is 12.8. The Hall–Kier alpha value is -2.15. The Morgan fingerprint density at radius 1 is 1.30 bits per heavy atom. The van der Waals surface area contributed by atoms with E-state index in [1.54, 1.807) is 14.0 Å². The van der Waals surface area contributed by atoms with E-state index < -0.39 is 21.1 Å². The van der Waals surface area contributed by atoms with Crippen molar-refractivity contribution in [2.24, 2.45) is 7.05 Å². The number of hydrogen-bond acceptors (Lipinski definition) is 5. The van der Waals surface area contributed by atoms with Crippen molar-refractivity contribution < 1.29 is 17.9 Å². The van der Waals surface area contributed by atoms with Gasteiger partial charge in [0.05, 0.1) is 12.8 Å². The first kappa shape index (κ1) is 17.2. The summed E-state index contributed by atoms with van der Waals surface area (Å²) in [5.41, 5.74) is 0.975. The number of nitrogens with zero attached hydrogens (tertiary/aromatic N) is 2. The van der Waals surface area contributed by atoms with Gasteiger partial charge in [-0.25, -0.2) is 8.42 Å². The number of carbonyl (C=O) groups excluding carboxylic acids is 1. The number of hydrogen-bond donors (Lipinski definition) is 0. The number of aryl methyl sites for hydroxylation is 2. The lowest BCUT2D eigenvalue weighted by atomic mass is 10.1. The lowest BCUT2D eigenvalue weighted by Crippen LogP contribution is -2.32. The predicted molar refractivity (Wildman–Crippen MR) is 85.6 cm³/mol. The molecule has 2 aromatic rings. The highest BCUT2D eigenvalue weighted by atomic mass is 32.2. The topological polar surface area (TPSA) is 78.3 Å². The van der Waals surface area contributed by atoms with Gasteiger partial charge in [-0.15, -0.1) is 0 Å². The minimum absolute atomic E-state index is 0.0334. The van der Waals surface area contributed by atoms with Crippen molar-refractivity contribution in [1.82, 2.24) is 9.78 Å². The van der Waals surface area contributed by atoms with Crippen molar-refractivity contribution >= 4 is 15.8 Å². The number of sulfone groups is 1. The van der Waals surface area contributed by atoms with Crippen LogP contribution in [0.5, 0.6) is 0 Å². The minimum atomic E-state index is -3.83. The van der Waals surface area contributed by atoms with Crippen LogP contribution in [0.15, 0.2) is 47.6 Å². The molecule has 0 saturated carbocycles. The van der Waals surface area contributed by atoms with Gasteiger partial charge in [-0.2, -0.15) is 5.10 Å². The van der Waals surface area contributed by atoms with Gasteiger partial charge in [0, 0.05) is 13.2 Å². The van der Waals surface area contributed by atoms with E-state index in [0.29, 0.717) is 6.42 Å². The van der Waals surface area contributed by atoms with E-state index in [-0.39, 0.29) is 17.9 Å². The number of rotatable bonds is 7. The molecule has 0 fully saturated rings. The van der Waals surface area contributed by atoms with Crippen LogP contribution < -0.4 is 0 Å². The van der Waals surface area contributed by atoms with Gasteiger partial charge in [-0.1, -0.05) is 30.3 Å². The Bertz CT molecular complexity index is 753. The zero-order valence-corrected chi connectivity index (χ0v) is 14.0. The van der Waals surface area contributed by atoms with Crippen molar-refractivity contribution in [3.63, 3.8) is 0 Å². The fourth-order valence-electron chi connectivity index (χ4n) is 2.29. The Balaban J connectivity index is 2.25. The Labute approximate surface area is 136 Å². The van der Waals surface area contributed by atoms with Crippen molar-refractivity contribution in [1.29, 1.82) is 0 Å². The van der Waals surface area contributed by atoms with E-state index >= 15 is 0 Å². The molecule has 1 aromatic carbocycles. The minimum Gasteiger partial charge on any atom is -0.465 e. The second kappa shape index (κ2) is 7.41. The van der Waals surface area contributed by atoms with Gasteiger partial charge in [0.25, 0.3) is 0 Å². The van der Waals surface area contributed by atoms with Gasteiger partial charge in [0.2, 0.25) is 0 Å². The van der Waals surface area contributed by atoms with Gasteiger partial charge in [-0.05, 0) is 25.3 Å². The molecule has 1 aromatic heterocycles. The molecule has 1 atom stereocenters. The zero-order valence-electron chi connectivity index (χ0n) is 13.2. The van der Waals surface area contributed by atoms with E-state index in [9.17, 15) is 13.2 Å². The Morgan fingerprint density at radius 2 is 2.00 bits per heavy atom. The first-order chi connectivity index (χ1) is 10.9. The quantitative estimate of drug-likeness (QED) is 0.720. The highest BCUT2D eigenvalue weighted by Crippen LogP contribution is 2.21. The molecule has 0 amide bonds. The molecule has 0 spiro atoms. The van der Waals surface area contributed by atoms with Crippen LogP contribution in [0.1, 0.15) is 18.9 Å². The predicted octanol–water partition coefficient (Wildman–Crippen LogP) is 1.76. The van der Waals surface area contributed by atoms with Crippen LogP contribution in [0, 0.1) is 0 Å². The molecular formula is C16H20N2O4S. The second-order valence-corrected chi connectivity index (χ2v) is 7.29. The summed E-state index contributed by atoms with van der Waals surface area (Å²) in [6.45, 7) is 1.80. The van der Waals surface area contributed by atoms with Crippen molar-refractivity contribution in [3.05, 3.63) is 48.3 Å². The summed E-state index contributed by atoms with van der Waals surface area (Å²) in [5.74, 6) is -0.715. The smallest absolute Gasteiger partial charge is 0.324 e. The van der Waals surface area contributed by atoms with Crippen LogP contribution in [0.4, 0.5) is 0 Å². The van der Waals surface area contributed by atoms with E-state index in [2.05, 4.69) is 5.10 Å². The average molecular weight is 336 g/mol. The number of benzene rings is 1. The summed E-state index contributed by atoms with van der Waals surface area (Å²) >= 11 is 0. The molecule has 124 valence electrons.